The van der Waals surface area contributed by atoms with E-state index in [1.807, 2.05) is 12.3 Å². The zero-order valence-electron chi connectivity index (χ0n) is 7.13. The van der Waals surface area contributed by atoms with E-state index in [1.165, 1.54) is 11.1 Å². The average molecular weight is 236 g/mol. The van der Waals surface area contributed by atoms with Gasteiger partial charge in [0.2, 0.25) is 0 Å². The van der Waals surface area contributed by atoms with Gasteiger partial charge in [0.1, 0.15) is 0 Å². The molecule has 0 amide bonds. The fraction of sp³-hybridized carbons (Fsp3) is 0.0909. The molecule has 0 unspecified atom stereocenters. The summed E-state index contributed by atoms with van der Waals surface area (Å²) in [6.07, 6.45) is 14.5. The first kappa shape index (κ1) is 8.57. The number of nitrogens with one attached hydrogen (secondary N) is 1. The second kappa shape index (κ2) is 3.79. The highest BCUT2D eigenvalue weighted by atomic mass is 79.9. The van der Waals surface area contributed by atoms with Crippen molar-refractivity contribution >= 4 is 15.9 Å². The van der Waals surface area contributed by atoms with Crippen LogP contribution in [0.5, 0.6) is 0 Å². The zero-order chi connectivity index (χ0) is 9.10. The minimum Gasteiger partial charge on any atom is -0.361 e. The maximum absolute atomic E-state index is 3.45. The molecule has 0 atom stereocenters. The van der Waals surface area contributed by atoms with Gasteiger partial charge >= 0.3 is 0 Å². The van der Waals surface area contributed by atoms with Gasteiger partial charge in [-0.15, -0.1) is 0 Å². The smallest absolute Gasteiger partial charge is 0.0453 e. The van der Waals surface area contributed by atoms with E-state index in [4.69, 9.17) is 0 Å². The number of alkyl halides is 1. The predicted molar refractivity (Wildman–Crippen MR) is 59.5 cm³/mol. The van der Waals surface area contributed by atoms with Gasteiger partial charge in [-0.2, -0.15) is 0 Å². The molecule has 0 aromatic carbocycles. The lowest BCUT2D eigenvalue weighted by Gasteiger charge is -2.10. The summed E-state index contributed by atoms with van der Waals surface area (Å²) < 4.78 is 0. The van der Waals surface area contributed by atoms with Gasteiger partial charge in [-0.1, -0.05) is 34.2 Å². The molecule has 0 aromatic rings. The number of hydrogen-bond donors (Lipinski definition) is 1. The molecule has 1 heterocycles. The molecule has 2 rings (SSSR count). The first-order valence-corrected chi connectivity index (χ1v) is 5.31. The molecular formula is C11H10BrN. The molecule has 0 saturated heterocycles. The molecule has 1 N–H and O–H groups in total. The fourth-order valence-electron chi connectivity index (χ4n) is 1.33. The largest absolute Gasteiger partial charge is 0.361 e. The number of allylic oxidation sites excluding steroid dienone is 7. The summed E-state index contributed by atoms with van der Waals surface area (Å²) in [7, 11) is 0. The molecule has 0 bridgehead atoms. The van der Waals surface area contributed by atoms with Crippen molar-refractivity contribution < 1.29 is 0 Å². The molecule has 66 valence electrons. The Bertz CT molecular complexity index is 356. The SMILES string of the molecule is BrCC1=CC2=CC=CNC2=CC=C1. The van der Waals surface area contributed by atoms with E-state index in [1.54, 1.807) is 0 Å². The number of halogens is 1. The maximum Gasteiger partial charge on any atom is 0.0453 e. The lowest BCUT2D eigenvalue weighted by molar-refractivity contribution is 1.07. The van der Waals surface area contributed by atoms with Crippen molar-refractivity contribution in [1.82, 2.24) is 5.32 Å². The first-order chi connectivity index (χ1) is 6.40. The van der Waals surface area contributed by atoms with Crippen LogP contribution in [0.1, 0.15) is 0 Å². The van der Waals surface area contributed by atoms with Crippen LogP contribution in [0, 0.1) is 0 Å². The van der Waals surface area contributed by atoms with E-state index in [0.717, 1.165) is 11.0 Å². The second-order valence-electron chi connectivity index (χ2n) is 2.92. The van der Waals surface area contributed by atoms with Crippen molar-refractivity contribution in [3.05, 3.63) is 59.5 Å². The van der Waals surface area contributed by atoms with Crippen molar-refractivity contribution in [2.75, 3.05) is 5.33 Å². The van der Waals surface area contributed by atoms with Crippen LogP contribution in [-0.4, -0.2) is 5.33 Å². The third kappa shape index (κ3) is 1.83. The van der Waals surface area contributed by atoms with Gasteiger partial charge in [0, 0.05) is 17.2 Å². The van der Waals surface area contributed by atoms with Crippen LogP contribution in [-0.2, 0) is 0 Å². The number of hydrogen-bond acceptors (Lipinski definition) is 1. The molecule has 0 fully saturated rings. The highest BCUT2D eigenvalue weighted by Gasteiger charge is 2.05. The van der Waals surface area contributed by atoms with E-state index in [-0.39, 0.29) is 0 Å². The van der Waals surface area contributed by atoms with Crippen molar-refractivity contribution in [2.24, 2.45) is 0 Å². The van der Waals surface area contributed by atoms with Gasteiger partial charge in [-0.3, -0.25) is 0 Å². The van der Waals surface area contributed by atoms with Crippen LogP contribution < -0.4 is 5.32 Å². The van der Waals surface area contributed by atoms with Crippen molar-refractivity contribution in [2.45, 2.75) is 0 Å². The Morgan fingerprint density at radius 1 is 1.23 bits per heavy atom. The van der Waals surface area contributed by atoms with Gasteiger partial charge in [0.25, 0.3) is 0 Å². The topological polar surface area (TPSA) is 12.0 Å². The quantitative estimate of drug-likeness (QED) is 0.690. The van der Waals surface area contributed by atoms with Crippen molar-refractivity contribution in [3.8, 4) is 0 Å². The van der Waals surface area contributed by atoms with E-state index in [9.17, 15) is 0 Å². The molecule has 1 aliphatic carbocycles. The highest BCUT2D eigenvalue weighted by Crippen LogP contribution is 2.19. The Labute approximate surface area is 86.3 Å². The van der Waals surface area contributed by atoms with Gasteiger partial charge in [0.05, 0.1) is 0 Å². The zero-order valence-corrected chi connectivity index (χ0v) is 8.71. The standard InChI is InChI=1S/C11H10BrN/c12-8-9-3-1-5-11-10(7-9)4-2-6-13-11/h1-7,13H,8H2. The summed E-state index contributed by atoms with van der Waals surface area (Å²) >= 11 is 3.45. The lowest BCUT2D eigenvalue weighted by atomic mass is 10.1. The Balaban J connectivity index is 2.40. The Morgan fingerprint density at radius 2 is 2.15 bits per heavy atom. The number of rotatable bonds is 1. The summed E-state index contributed by atoms with van der Waals surface area (Å²) in [5.41, 5.74) is 3.69. The van der Waals surface area contributed by atoms with Gasteiger partial charge in [-0.05, 0) is 29.4 Å². The molecule has 1 nitrogen and oxygen atoms in total. The third-order valence-electron chi connectivity index (χ3n) is 1.99. The minimum absolute atomic E-state index is 0.895. The molecule has 1 aliphatic heterocycles. The Kier molecular flexibility index (Phi) is 2.50. The minimum atomic E-state index is 0.895. The van der Waals surface area contributed by atoms with Crippen LogP contribution in [0.3, 0.4) is 0 Å². The third-order valence-corrected chi connectivity index (χ3v) is 2.64. The normalized spacial score (nSPS) is 19.3. The van der Waals surface area contributed by atoms with Crippen molar-refractivity contribution in [3.63, 3.8) is 0 Å². The van der Waals surface area contributed by atoms with Crippen LogP contribution in [0.25, 0.3) is 0 Å². The maximum atomic E-state index is 3.45. The monoisotopic (exact) mass is 235 g/mol. The van der Waals surface area contributed by atoms with Gasteiger partial charge in [0.15, 0.2) is 0 Å². The van der Waals surface area contributed by atoms with E-state index < -0.39 is 0 Å². The van der Waals surface area contributed by atoms with E-state index >= 15 is 0 Å². The van der Waals surface area contributed by atoms with E-state index in [2.05, 4.69) is 51.6 Å². The summed E-state index contributed by atoms with van der Waals surface area (Å²) in [4.78, 5) is 0. The molecular weight excluding hydrogens is 226 g/mol. The van der Waals surface area contributed by atoms with Crippen LogP contribution in [0.15, 0.2) is 59.5 Å². The molecule has 0 radical (unpaired) electrons. The molecule has 13 heavy (non-hydrogen) atoms. The summed E-state index contributed by atoms with van der Waals surface area (Å²) in [6, 6.07) is 0. The predicted octanol–water partition coefficient (Wildman–Crippen LogP) is 2.80. The molecule has 0 aromatic heterocycles. The first-order valence-electron chi connectivity index (χ1n) is 4.19. The van der Waals surface area contributed by atoms with Crippen LogP contribution >= 0.6 is 15.9 Å². The van der Waals surface area contributed by atoms with Gasteiger partial charge in [-0.25, -0.2) is 0 Å². The van der Waals surface area contributed by atoms with Crippen LogP contribution in [0.2, 0.25) is 0 Å². The lowest BCUT2D eigenvalue weighted by Crippen LogP contribution is -2.08. The summed E-state index contributed by atoms with van der Waals surface area (Å²) in [5.74, 6) is 0. The summed E-state index contributed by atoms with van der Waals surface area (Å²) in [5, 5.41) is 4.10. The Hall–Kier alpha value is -1.02. The molecule has 0 spiro atoms. The van der Waals surface area contributed by atoms with Crippen LogP contribution in [0.4, 0.5) is 0 Å². The molecule has 2 heteroatoms. The number of dihydropyridines is 1. The fourth-order valence-corrected chi connectivity index (χ4v) is 1.68. The number of fused-ring (bicyclic) bond motifs is 1. The molecule has 0 saturated carbocycles. The Morgan fingerprint density at radius 3 is 3.00 bits per heavy atom. The second-order valence-corrected chi connectivity index (χ2v) is 3.48. The van der Waals surface area contributed by atoms with Gasteiger partial charge < -0.3 is 5.32 Å². The van der Waals surface area contributed by atoms with E-state index in [0.29, 0.717) is 0 Å². The summed E-state index contributed by atoms with van der Waals surface area (Å²) in [6.45, 7) is 0. The van der Waals surface area contributed by atoms with Crippen molar-refractivity contribution in [1.29, 1.82) is 0 Å². The average Bonchev–Trinajstić information content (AvgIpc) is 2.38. The highest BCUT2D eigenvalue weighted by molar-refractivity contribution is 9.09. The molecule has 2 aliphatic rings.